The van der Waals surface area contributed by atoms with Gasteiger partial charge in [-0.1, -0.05) is 26.0 Å². The van der Waals surface area contributed by atoms with E-state index < -0.39 is 5.41 Å². The molecule has 0 radical (unpaired) electrons. The highest BCUT2D eigenvalue weighted by molar-refractivity contribution is 5.98. The largest absolute Gasteiger partial charge is 0.350 e. The number of aromatic nitrogens is 4. The Bertz CT molecular complexity index is 1060. The summed E-state index contributed by atoms with van der Waals surface area (Å²) in [5.41, 5.74) is 3.77. The summed E-state index contributed by atoms with van der Waals surface area (Å²) < 4.78 is 14.8. The number of nitrogens with one attached hydrogen (secondary N) is 2. The van der Waals surface area contributed by atoms with Crippen LogP contribution in [0.15, 0.2) is 36.7 Å². The van der Waals surface area contributed by atoms with Gasteiger partial charge in [-0.3, -0.25) is 9.48 Å². The summed E-state index contributed by atoms with van der Waals surface area (Å²) in [7, 11) is 0. The van der Waals surface area contributed by atoms with Crippen molar-refractivity contribution < 1.29 is 9.18 Å². The molecule has 1 aliphatic heterocycles. The van der Waals surface area contributed by atoms with Gasteiger partial charge in [0.1, 0.15) is 5.82 Å². The third-order valence-corrected chi connectivity index (χ3v) is 5.02. The number of anilines is 2. The molecule has 0 saturated heterocycles. The van der Waals surface area contributed by atoms with Crippen LogP contribution in [0, 0.1) is 18.2 Å². The quantitative estimate of drug-likeness (QED) is 0.694. The Morgan fingerprint density at radius 2 is 1.97 bits per heavy atom. The normalized spacial score (nSPS) is 15.0. The van der Waals surface area contributed by atoms with E-state index in [0.717, 1.165) is 22.5 Å². The Labute approximate surface area is 168 Å². The standard InChI is InChI=1S/C21H23FN6O/c1-13-18-17(8-21(2,3)19(29)27-18)26-20(25-13)23-9-15-10-24-28(12-15)11-14-4-6-16(22)7-5-14/h4-7,10,12H,8-9,11H2,1-3H3,(H,27,29)(H,23,25,26). The van der Waals surface area contributed by atoms with Gasteiger partial charge in [0.15, 0.2) is 0 Å². The minimum Gasteiger partial charge on any atom is -0.350 e. The molecule has 0 atom stereocenters. The third kappa shape index (κ3) is 4.11. The smallest absolute Gasteiger partial charge is 0.230 e. The van der Waals surface area contributed by atoms with Crippen LogP contribution < -0.4 is 10.6 Å². The highest BCUT2D eigenvalue weighted by Crippen LogP contribution is 2.33. The van der Waals surface area contributed by atoms with Gasteiger partial charge in [0.25, 0.3) is 0 Å². The fourth-order valence-electron chi connectivity index (χ4n) is 3.33. The number of hydrogen-bond acceptors (Lipinski definition) is 5. The van der Waals surface area contributed by atoms with Gasteiger partial charge in [-0.05, 0) is 24.6 Å². The lowest BCUT2D eigenvalue weighted by molar-refractivity contribution is -0.124. The first-order chi connectivity index (χ1) is 13.8. The molecule has 1 aromatic carbocycles. The number of nitrogens with zero attached hydrogens (tertiary/aromatic N) is 4. The topological polar surface area (TPSA) is 84.7 Å². The number of carbonyl (C=O) groups excluding carboxylic acids is 1. The number of fused-ring (bicyclic) bond motifs is 1. The average Bonchev–Trinajstić information content (AvgIpc) is 3.11. The minimum atomic E-state index is -0.493. The molecule has 2 N–H and O–H groups in total. The SMILES string of the molecule is Cc1nc(NCc2cnn(Cc3ccc(F)cc3)c2)nc2c1NC(=O)C(C)(C)C2. The average molecular weight is 394 g/mol. The van der Waals surface area contributed by atoms with Crippen LogP contribution in [0.5, 0.6) is 0 Å². The number of halogens is 1. The highest BCUT2D eigenvalue weighted by atomic mass is 19.1. The first-order valence-electron chi connectivity index (χ1n) is 9.49. The van der Waals surface area contributed by atoms with Crippen molar-refractivity contribution in [2.45, 2.75) is 40.3 Å². The molecule has 3 aromatic rings. The molecule has 0 spiro atoms. The second-order valence-electron chi connectivity index (χ2n) is 8.00. The van der Waals surface area contributed by atoms with Crippen LogP contribution >= 0.6 is 0 Å². The molecule has 7 nitrogen and oxygen atoms in total. The van der Waals surface area contributed by atoms with Crippen LogP contribution in [0.1, 0.15) is 36.4 Å². The highest BCUT2D eigenvalue weighted by Gasteiger charge is 2.35. The summed E-state index contributed by atoms with van der Waals surface area (Å²) in [6.45, 7) is 6.78. The van der Waals surface area contributed by atoms with Crippen LogP contribution in [-0.4, -0.2) is 25.7 Å². The molecule has 0 unspecified atom stereocenters. The van der Waals surface area contributed by atoms with Gasteiger partial charge in [0.05, 0.1) is 29.8 Å². The van der Waals surface area contributed by atoms with Gasteiger partial charge in [0, 0.05) is 30.1 Å². The molecule has 1 aliphatic rings. The van der Waals surface area contributed by atoms with E-state index in [1.807, 2.05) is 27.0 Å². The van der Waals surface area contributed by atoms with E-state index >= 15 is 0 Å². The van der Waals surface area contributed by atoms with Crippen molar-refractivity contribution in [3.63, 3.8) is 0 Å². The minimum absolute atomic E-state index is 0.00835. The molecule has 0 aliphatic carbocycles. The fraction of sp³-hybridized carbons (Fsp3) is 0.333. The van der Waals surface area contributed by atoms with E-state index in [-0.39, 0.29) is 11.7 Å². The molecule has 4 rings (SSSR count). The lowest BCUT2D eigenvalue weighted by atomic mass is 9.83. The second kappa shape index (κ2) is 7.27. The predicted molar refractivity (Wildman–Crippen MR) is 108 cm³/mol. The zero-order valence-electron chi connectivity index (χ0n) is 16.7. The second-order valence-corrected chi connectivity index (χ2v) is 8.00. The Hall–Kier alpha value is -3.29. The van der Waals surface area contributed by atoms with Crippen LogP contribution in [0.3, 0.4) is 0 Å². The number of rotatable bonds is 5. The molecule has 0 bridgehead atoms. The summed E-state index contributed by atoms with van der Waals surface area (Å²) >= 11 is 0. The number of amides is 1. The van der Waals surface area contributed by atoms with Crippen LogP contribution in [0.4, 0.5) is 16.0 Å². The molecular weight excluding hydrogens is 371 g/mol. The fourth-order valence-corrected chi connectivity index (χ4v) is 3.33. The Morgan fingerprint density at radius 1 is 1.21 bits per heavy atom. The summed E-state index contributed by atoms with van der Waals surface area (Å²) in [4.78, 5) is 21.2. The van der Waals surface area contributed by atoms with Crippen molar-refractivity contribution >= 4 is 17.5 Å². The van der Waals surface area contributed by atoms with Crippen molar-refractivity contribution in [2.75, 3.05) is 10.6 Å². The van der Waals surface area contributed by atoms with Crippen LogP contribution in [-0.2, 0) is 24.3 Å². The third-order valence-electron chi connectivity index (χ3n) is 5.02. The summed E-state index contributed by atoms with van der Waals surface area (Å²) in [6.07, 6.45) is 4.29. The van der Waals surface area contributed by atoms with E-state index in [1.165, 1.54) is 12.1 Å². The molecule has 150 valence electrons. The van der Waals surface area contributed by atoms with Gasteiger partial charge in [-0.15, -0.1) is 0 Å². The van der Waals surface area contributed by atoms with Crippen LogP contribution in [0.2, 0.25) is 0 Å². The van der Waals surface area contributed by atoms with Crippen molar-refractivity contribution in [1.29, 1.82) is 0 Å². The van der Waals surface area contributed by atoms with Crippen molar-refractivity contribution in [3.8, 4) is 0 Å². The van der Waals surface area contributed by atoms with E-state index in [1.54, 1.807) is 23.0 Å². The number of benzene rings is 1. The van der Waals surface area contributed by atoms with E-state index in [2.05, 4.69) is 25.7 Å². The lowest BCUT2D eigenvalue weighted by Crippen LogP contribution is -2.38. The number of aryl methyl sites for hydroxylation is 1. The molecule has 0 fully saturated rings. The maximum atomic E-state index is 13.0. The Morgan fingerprint density at radius 3 is 2.72 bits per heavy atom. The molecule has 3 heterocycles. The van der Waals surface area contributed by atoms with E-state index in [9.17, 15) is 9.18 Å². The molecule has 0 saturated carbocycles. The van der Waals surface area contributed by atoms with Crippen LogP contribution in [0.25, 0.3) is 0 Å². The maximum Gasteiger partial charge on any atom is 0.230 e. The first kappa shape index (κ1) is 19.0. The molecule has 8 heteroatoms. The molecule has 29 heavy (non-hydrogen) atoms. The molecular formula is C21H23FN6O. The van der Waals surface area contributed by atoms with Gasteiger partial charge in [-0.25, -0.2) is 14.4 Å². The van der Waals surface area contributed by atoms with Crippen molar-refractivity contribution in [1.82, 2.24) is 19.7 Å². The van der Waals surface area contributed by atoms with E-state index in [4.69, 9.17) is 0 Å². The number of carbonyl (C=O) groups is 1. The summed E-state index contributed by atoms with van der Waals surface area (Å²) in [5, 5.41) is 10.5. The Kier molecular flexibility index (Phi) is 4.77. The van der Waals surface area contributed by atoms with Gasteiger partial charge < -0.3 is 10.6 Å². The monoisotopic (exact) mass is 394 g/mol. The van der Waals surface area contributed by atoms with Gasteiger partial charge >= 0.3 is 0 Å². The van der Waals surface area contributed by atoms with Crippen molar-refractivity contribution in [2.24, 2.45) is 5.41 Å². The maximum absolute atomic E-state index is 13.0. The van der Waals surface area contributed by atoms with E-state index in [0.29, 0.717) is 31.1 Å². The number of hydrogen-bond donors (Lipinski definition) is 2. The molecule has 1 amide bonds. The van der Waals surface area contributed by atoms with Gasteiger partial charge in [-0.2, -0.15) is 5.10 Å². The zero-order chi connectivity index (χ0) is 20.6. The first-order valence-corrected chi connectivity index (χ1v) is 9.49. The lowest BCUT2D eigenvalue weighted by Gasteiger charge is -2.30. The summed E-state index contributed by atoms with van der Waals surface area (Å²) in [6, 6.07) is 6.39. The molecule has 2 aromatic heterocycles. The predicted octanol–water partition coefficient (Wildman–Crippen LogP) is 3.30. The summed E-state index contributed by atoms with van der Waals surface area (Å²) in [5.74, 6) is 0.271. The Balaban J connectivity index is 1.43. The zero-order valence-corrected chi connectivity index (χ0v) is 16.7. The van der Waals surface area contributed by atoms with Crippen molar-refractivity contribution in [3.05, 3.63) is 65.0 Å². The van der Waals surface area contributed by atoms with Gasteiger partial charge in [0.2, 0.25) is 11.9 Å².